The third kappa shape index (κ3) is 4.79. The van der Waals surface area contributed by atoms with Gasteiger partial charge in [0.05, 0.1) is 5.69 Å². The number of nitrogens with one attached hydrogen (secondary N) is 1. The van der Waals surface area contributed by atoms with Crippen molar-refractivity contribution in [3.8, 4) is 0 Å². The maximum Gasteiger partial charge on any atom is 0.270 e. The summed E-state index contributed by atoms with van der Waals surface area (Å²) < 4.78 is 3.94. The summed E-state index contributed by atoms with van der Waals surface area (Å²) in [4.78, 5) is 39.6. The Hall–Kier alpha value is -2.94. The highest BCUT2D eigenvalue weighted by molar-refractivity contribution is 7.09. The molecule has 1 fully saturated rings. The van der Waals surface area contributed by atoms with Crippen LogP contribution < -0.4 is 16.8 Å². The van der Waals surface area contributed by atoms with E-state index in [-0.39, 0.29) is 34.1 Å². The molecule has 1 heterocycles. The van der Waals surface area contributed by atoms with E-state index >= 15 is 0 Å². The second kappa shape index (κ2) is 9.71. The van der Waals surface area contributed by atoms with E-state index in [0.717, 1.165) is 49.2 Å². The number of hydrogen-bond donors (Lipinski definition) is 3. The molecule has 1 saturated carbocycles. The number of rotatable bonds is 7. The van der Waals surface area contributed by atoms with Gasteiger partial charge in [-0.05, 0) is 36.9 Å². The molecule has 8 nitrogen and oxygen atoms in total. The van der Waals surface area contributed by atoms with Gasteiger partial charge < -0.3 is 21.7 Å². The molecular weight excluding hydrogens is 402 g/mol. The topological polar surface area (TPSA) is 131 Å². The minimum Gasteiger partial charge on any atom is -0.395 e. The Bertz CT molecular complexity index is 909. The molecule has 0 aliphatic heterocycles. The summed E-state index contributed by atoms with van der Waals surface area (Å²) in [6.45, 7) is 2.10. The van der Waals surface area contributed by atoms with Gasteiger partial charge in [0.2, 0.25) is 5.91 Å². The largest absolute Gasteiger partial charge is 0.395 e. The molecule has 1 aromatic carbocycles. The second-order valence-electron chi connectivity index (χ2n) is 7.52. The van der Waals surface area contributed by atoms with Crippen LogP contribution in [0.25, 0.3) is 0 Å². The quantitative estimate of drug-likeness (QED) is 0.621. The number of aromatic nitrogens is 1. The van der Waals surface area contributed by atoms with E-state index in [0.29, 0.717) is 6.54 Å². The third-order valence-corrected chi connectivity index (χ3v) is 6.32. The molecular formula is C21H27N5O3S. The lowest BCUT2D eigenvalue weighted by molar-refractivity contribution is -0.126. The second-order valence-corrected chi connectivity index (χ2v) is 8.30. The highest BCUT2D eigenvalue weighted by atomic mass is 32.1. The van der Waals surface area contributed by atoms with Gasteiger partial charge in [-0.25, -0.2) is 0 Å². The van der Waals surface area contributed by atoms with Gasteiger partial charge >= 0.3 is 0 Å². The number of anilines is 1. The molecule has 5 N–H and O–H groups in total. The van der Waals surface area contributed by atoms with E-state index in [1.54, 1.807) is 11.8 Å². The Kier molecular flexibility index (Phi) is 7.04. The fraction of sp³-hybridized carbons (Fsp3) is 0.429. The molecule has 1 unspecified atom stereocenters. The molecule has 1 aliphatic carbocycles. The summed E-state index contributed by atoms with van der Waals surface area (Å²) in [5.41, 5.74) is 12.1. The fourth-order valence-corrected chi connectivity index (χ4v) is 4.57. The van der Waals surface area contributed by atoms with Gasteiger partial charge in [0.25, 0.3) is 11.8 Å². The van der Waals surface area contributed by atoms with Crippen molar-refractivity contribution in [2.75, 3.05) is 5.73 Å². The van der Waals surface area contributed by atoms with Crippen molar-refractivity contribution in [1.29, 1.82) is 0 Å². The Morgan fingerprint density at radius 1 is 1.20 bits per heavy atom. The van der Waals surface area contributed by atoms with Crippen LogP contribution in [0.5, 0.6) is 0 Å². The summed E-state index contributed by atoms with van der Waals surface area (Å²) in [7, 11) is 0. The van der Waals surface area contributed by atoms with E-state index in [9.17, 15) is 14.4 Å². The van der Waals surface area contributed by atoms with E-state index in [1.807, 2.05) is 30.3 Å². The normalized spacial score (nSPS) is 15.4. The molecule has 2 aromatic rings. The zero-order valence-electron chi connectivity index (χ0n) is 17.0. The first-order valence-corrected chi connectivity index (χ1v) is 10.9. The predicted molar refractivity (Wildman–Crippen MR) is 116 cm³/mol. The first-order chi connectivity index (χ1) is 14.4. The molecule has 1 aliphatic rings. The Morgan fingerprint density at radius 2 is 1.87 bits per heavy atom. The lowest BCUT2D eigenvalue weighted by atomic mass is 9.93. The third-order valence-electron chi connectivity index (χ3n) is 5.46. The lowest BCUT2D eigenvalue weighted by Gasteiger charge is -2.37. The molecule has 9 heteroatoms. The molecule has 1 atom stereocenters. The molecule has 0 saturated heterocycles. The predicted octanol–water partition coefficient (Wildman–Crippen LogP) is 2.30. The van der Waals surface area contributed by atoms with Crippen molar-refractivity contribution < 1.29 is 14.4 Å². The van der Waals surface area contributed by atoms with Gasteiger partial charge in [-0.1, -0.05) is 49.6 Å². The Labute approximate surface area is 179 Å². The van der Waals surface area contributed by atoms with E-state index in [2.05, 4.69) is 9.69 Å². The number of benzene rings is 1. The van der Waals surface area contributed by atoms with Crippen molar-refractivity contribution in [1.82, 2.24) is 14.6 Å². The van der Waals surface area contributed by atoms with Crippen LogP contribution in [0.15, 0.2) is 30.3 Å². The Balaban J connectivity index is 1.81. The number of nitrogens with zero attached hydrogens (tertiary/aromatic N) is 2. The first-order valence-electron chi connectivity index (χ1n) is 10.1. The molecule has 0 radical (unpaired) electrons. The van der Waals surface area contributed by atoms with E-state index in [4.69, 9.17) is 11.5 Å². The SMILES string of the molecule is CC(C(=O)NCc1ccccc1)N(C(=O)c1snc(C(N)=O)c1N)C1CCCCC1. The average Bonchev–Trinajstić information content (AvgIpc) is 3.15. The summed E-state index contributed by atoms with van der Waals surface area (Å²) >= 11 is 0.846. The van der Waals surface area contributed by atoms with Gasteiger partial charge in [0.15, 0.2) is 5.69 Å². The molecule has 160 valence electrons. The van der Waals surface area contributed by atoms with Crippen molar-refractivity contribution in [2.45, 2.75) is 57.7 Å². The minimum atomic E-state index is -0.777. The molecule has 0 bridgehead atoms. The van der Waals surface area contributed by atoms with Crippen LogP contribution >= 0.6 is 11.5 Å². The Morgan fingerprint density at radius 3 is 2.47 bits per heavy atom. The number of amides is 3. The maximum atomic E-state index is 13.4. The zero-order chi connectivity index (χ0) is 21.7. The van der Waals surface area contributed by atoms with Crippen LogP contribution in [0.3, 0.4) is 0 Å². The van der Waals surface area contributed by atoms with Gasteiger partial charge in [-0.3, -0.25) is 14.4 Å². The smallest absolute Gasteiger partial charge is 0.270 e. The van der Waals surface area contributed by atoms with Crippen LogP contribution in [0, 0.1) is 0 Å². The molecule has 3 rings (SSSR count). The van der Waals surface area contributed by atoms with Gasteiger partial charge in [0, 0.05) is 12.6 Å². The highest BCUT2D eigenvalue weighted by Crippen LogP contribution is 2.29. The highest BCUT2D eigenvalue weighted by Gasteiger charge is 2.36. The number of hydrogen-bond acceptors (Lipinski definition) is 6. The van der Waals surface area contributed by atoms with Crippen molar-refractivity contribution in [2.24, 2.45) is 5.73 Å². The summed E-state index contributed by atoms with van der Waals surface area (Å²) in [6.07, 6.45) is 4.75. The number of primary amides is 1. The number of nitrogens with two attached hydrogens (primary N) is 2. The summed E-state index contributed by atoms with van der Waals surface area (Å²) in [5, 5.41) is 2.91. The zero-order valence-corrected chi connectivity index (χ0v) is 17.8. The summed E-state index contributed by atoms with van der Waals surface area (Å²) in [5.74, 6) is -1.40. The van der Waals surface area contributed by atoms with Crippen molar-refractivity contribution in [3.63, 3.8) is 0 Å². The monoisotopic (exact) mass is 429 g/mol. The van der Waals surface area contributed by atoms with Gasteiger partial charge in [0.1, 0.15) is 10.9 Å². The van der Waals surface area contributed by atoms with Crippen LogP contribution in [0.1, 0.15) is 64.8 Å². The number of carbonyl (C=O) groups is 3. The molecule has 30 heavy (non-hydrogen) atoms. The van der Waals surface area contributed by atoms with Crippen LogP contribution in [0.4, 0.5) is 5.69 Å². The molecule has 3 amide bonds. The number of carbonyl (C=O) groups excluding carboxylic acids is 3. The van der Waals surface area contributed by atoms with Gasteiger partial charge in [-0.2, -0.15) is 4.37 Å². The lowest BCUT2D eigenvalue weighted by Crippen LogP contribution is -2.53. The van der Waals surface area contributed by atoms with Crippen LogP contribution in [0.2, 0.25) is 0 Å². The van der Waals surface area contributed by atoms with Crippen LogP contribution in [-0.4, -0.2) is 39.1 Å². The average molecular weight is 430 g/mol. The van der Waals surface area contributed by atoms with E-state index < -0.39 is 11.9 Å². The maximum absolute atomic E-state index is 13.4. The summed E-state index contributed by atoms with van der Waals surface area (Å²) in [6, 6.07) is 8.83. The van der Waals surface area contributed by atoms with Crippen molar-refractivity contribution in [3.05, 3.63) is 46.5 Å². The fourth-order valence-electron chi connectivity index (χ4n) is 3.82. The first kappa shape index (κ1) is 21.8. The molecule has 0 spiro atoms. The standard InChI is InChI=1S/C21H27N5O3S/c1-13(20(28)24-12-14-8-4-2-5-9-14)26(15-10-6-3-7-11-15)21(29)18-16(22)17(19(23)27)25-30-18/h2,4-5,8-9,13,15H,3,6-7,10-12,22H2,1H3,(H2,23,27)(H,24,28). The minimum absolute atomic E-state index is 0.0183. The van der Waals surface area contributed by atoms with Crippen molar-refractivity contribution >= 4 is 34.9 Å². The molecule has 1 aromatic heterocycles. The van der Waals surface area contributed by atoms with Gasteiger partial charge in [-0.15, -0.1) is 0 Å². The van der Waals surface area contributed by atoms with Crippen LogP contribution in [-0.2, 0) is 11.3 Å². The van der Waals surface area contributed by atoms with E-state index in [1.165, 1.54) is 0 Å². The number of nitrogen functional groups attached to an aromatic ring is 1.